The van der Waals surface area contributed by atoms with Crippen LogP contribution < -0.4 is 10.2 Å². The van der Waals surface area contributed by atoms with Crippen LogP contribution in [0.1, 0.15) is 35.5 Å². The van der Waals surface area contributed by atoms with Crippen LogP contribution in [-0.4, -0.2) is 21.9 Å². The van der Waals surface area contributed by atoms with E-state index in [0.29, 0.717) is 18.8 Å². The molecule has 1 aliphatic rings. The van der Waals surface area contributed by atoms with Crippen molar-refractivity contribution in [3.63, 3.8) is 0 Å². The third-order valence-corrected chi connectivity index (χ3v) is 7.22. The van der Waals surface area contributed by atoms with Crippen molar-refractivity contribution in [2.75, 3.05) is 4.90 Å². The fraction of sp³-hybridized carbons (Fsp3) is 0.231. The van der Waals surface area contributed by atoms with E-state index in [2.05, 4.69) is 12.2 Å². The summed E-state index contributed by atoms with van der Waals surface area (Å²) in [4.78, 5) is 30.1. The summed E-state index contributed by atoms with van der Waals surface area (Å²) in [5.74, 6) is -0.320. The number of anilines is 1. The Morgan fingerprint density at radius 3 is 2.53 bits per heavy atom. The quantitative estimate of drug-likeness (QED) is 0.472. The SMILES string of the molecule is CCc1ccc(N2C(=O)c3cc4ccsc4n3C[C@]2(C)C(=O)NCc2ccccc2)cc1. The molecular weight excluding hydrogens is 418 g/mol. The van der Waals surface area contributed by atoms with Crippen LogP contribution in [0, 0.1) is 0 Å². The number of nitrogens with zero attached hydrogens (tertiary/aromatic N) is 2. The average Bonchev–Trinajstić information content (AvgIpc) is 3.41. The van der Waals surface area contributed by atoms with E-state index in [1.54, 1.807) is 16.2 Å². The highest BCUT2D eigenvalue weighted by molar-refractivity contribution is 7.16. The topological polar surface area (TPSA) is 54.3 Å². The van der Waals surface area contributed by atoms with Crippen LogP contribution in [0.2, 0.25) is 0 Å². The van der Waals surface area contributed by atoms with Gasteiger partial charge in [0, 0.05) is 17.6 Å². The van der Waals surface area contributed by atoms with Gasteiger partial charge in [-0.15, -0.1) is 11.3 Å². The van der Waals surface area contributed by atoms with Crippen LogP contribution in [0.15, 0.2) is 72.1 Å². The molecule has 1 atom stereocenters. The fourth-order valence-electron chi connectivity index (χ4n) is 4.45. The van der Waals surface area contributed by atoms with Gasteiger partial charge in [-0.3, -0.25) is 14.5 Å². The zero-order valence-corrected chi connectivity index (χ0v) is 19.0. The minimum Gasteiger partial charge on any atom is -0.350 e. The Hall–Kier alpha value is -3.38. The maximum Gasteiger partial charge on any atom is 0.275 e. The first-order chi connectivity index (χ1) is 15.5. The zero-order valence-electron chi connectivity index (χ0n) is 18.2. The lowest BCUT2D eigenvalue weighted by Crippen LogP contribution is -2.64. The van der Waals surface area contributed by atoms with E-state index in [0.717, 1.165) is 27.9 Å². The number of aromatic nitrogens is 1. The number of hydrogen-bond acceptors (Lipinski definition) is 3. The number of amides is 2. The molecule has 0 saturated heterocycles. The van der Waals surface area contributed by atoms with Gasteiger partial charge in [-0.2, -0.15) is 0 Å². The summed E-state index contributed by atoms with van der Waals surface area (Å²) >= 11 is 1.60. The second-order valence-corrected chi connectivity index (χ2v) is 9.29. The summed E-state index contributed by atoms with van der Waals surface area (Å²) < 4.78 is 2.00. The lowest BCUT2D eigenvalue weighted by Gasteiger charge is -2.44. The molecule has 4 aromatic rings. The van der Waals surface area contributed by atoms with Gasteiger partial charge in [0.05, 0.1) is 6.54 Å². The van der Waals surface area contributed by atoms with E-state index >= 15 is 0 Å². The number of hydrogen-bond donors (Lipinski definition) is 1. The maximum atomic E-state index is 13.8. The smallest absolute Gasteiger partial charge is 0.275 e. The molecule has 0 aliphatic carbocycles. The molecule has 162 valence electrons. The van der Waals surface area contributed by atoms with Crippen molar-refractivity contribution in [1.29, 1.82) is 0 Å². The minimum absolute atomic E-state index is 0.152. The van der Waals surface area contributed by atoms with Crippen molar-refractivity contribution in [1.82, 2.24) is 9.88 Å². The van der Waals surface area contributed by atoms with Crippen LogP contribution in [-0.2, 0) is 24.3 Å². The molecule has 0 radical (unpaired) electrons. The highest BCUT2D eigenvalue weighted by atomic mass is 32.1. The summed E-state index contributed by atoms with van der Waals surface area (Å²) in [6.07, 6.45) is 0.919. The van der Waals surface area contributed by atoms with Crippen LogP contribution in [0.3, 0.4) is 0 Å². The Morgan fingerprint density at radius 1 is 1.06 bits per heavy atom. The van der Waals surface area contributed by atoms with Gasteiger partial charge in [0.15, 0.2) is 0 Å². The van der Waals surface area contributed by atoms with Gasteiger partial charge in [0.1, 0.15) is 16.1 Å². The summed E-state index contributed by atoms with van der Waals surface area (Å²) in [5, 5.41) is 6.13. The van der Waals surface area contributed by atoms with E-state index < -0.39 is 5.54 Å². The highest BCUT2D eigenvalue weighted by Crippen LogP contribution is 2.37. The number of rotatable bonds is 5. The zero-order chi connectivity index (χ0) is 22.3. The number of thiophene rings is 1. The molecule has 5 nitrogen and oxygen atoms in total. The molecule has 6 heteroatoms. The van der Waals surface area contributed by atoms with Crippen LogP contribution in [0.5, 0.6) is 0 Å². The summed E-state index contributed by atoms with van der Waals surface area (Å²) in [5.41, 5.74) is 2.51. The second kappa shape index (κ2) is 7.95. The predicted octanol–water partition coefficient (Wildman–Crippen LogP) is 5.00. The molecule has 0 fully saturated rings. The highest BCUT2D eigenvalue weighted by Gasteiger charge is 2.48. The molecule has 1 aliphatic heterocycles. The number of carbonyl (C=O) groups is 2. The largest absolute Gasteiger partial charge is 0.350 e. The van der Waals surface area contributed by atoms with Crippen molar-refractivity contribution < 1.29 is 9.59 Å². The number of nitrogens with one attached hydrogen (secondary N) is 1. The van der Waals surface area contributed by atoms with E-state index in [4.69, 9.17) is 0 Å². The van der Waals surface area contributed by atoms with Gasteiger partial charge in [-0.25, -0.2) is 0 Å². The third-order valence-electron chi connectivity index (χ3n) is 6.27. The van der Waals surface area contributed by atoms with Gasteiger partial charge >= 0.3 is 0 Å². The van der Waals surface area contributed by atoms with E-state index in [1.807, 2.05) is 83.6 Å². The standard InChI is InChI=1S/C26H25N3O2S/c1-3-18-9-11-21(12-10-18)29-23(30)22-15-20-13-14-32-24(20)28(22)17-26(29,2)25(31)27-16-19-7-5-4-6-8-19/h4-15H,3,16-17H2,1-2H3,(H,27,31)/t26-/m1/s1. The fourth-order valence-corrected chi connectivity index (χ4v) is 5.35. The van der Waals surface area contributed by atoms with Gasteiger partial charge in [-0.1, -0.05) is 49.4 Å². The number of aryl methyl sites for hydroxylation is 1. The molecule has 0 unspecified atom stereocenters. The molecule has 2 aromatic heterocycles. The van der Waals surface area contributed by atoms with Crippen molar-refractivity contribution in [2.45, 2.75) is 38.9 Å². The molecular formula is C26H25N3O2S. The molecule has 2 aromatic carbocycles. The third kappa shape index (κ3) is 3.31. The molecule has 2 amide bonds. The summed E-state index contributed by atoms with van der Waals surface area (Å²) in [7, 11) is 0. The van der Waals surface area contributed by atoms with Gasteiger partial charge in [-0.05, 0) is 54.1 Å². The molecule has 32 heavy (non-hydrogen) atoms. The molecule has 1 N–H and O–H groups in total. The molecule has 3 heterocycles. The lowest BCUT2D eigenvalue weighted by molar-refractivity contribution is -0.126. The Labute approximate surface area is 191 Å². The van der Waals surface area contributed by atoms with Gasteiger partial charge in [0.2, 0.25) is 5.91 Å². The van der Waals surface area contributed by atoms with Crippen molar-refractivity contribution >= 4 is 39.1 Å². The second-order valence-electron chi connectivity index (χ2n) is 8.40. The molecule has 0 spiro atoms. The van der Waals surface area contributed by atoms with E-state index in [9.17, 15) is 9.59 Å². The Morgan fingerprint density at radius 2 is 1.81 bits per heavy atom. The predicted molar refractivity (Wildman–Crippen MR) is 129 cm³/mol. The van der Waals surface area contributed by atoms with E-state index in [1.165, 1.54) is 5.56 Å². The monoisotopic (exact) mass is 443 g/mol. The first kappa shape index (κ1) is 20.5. The van der Waals surface area contributed by atoms with Crippen molar-refractivity contribution in [2.24, 2.45) is 0 Å². The van der Waals surface area contributed by atoms with E-state index in [-0.39, 0.29) is 11.8 Å². The van der Waals surface area contributed by atoms with Crippen LogP contribution in [0.25, 0.3) is 10.2 Å². The first-order valence-corrected chi connectivity index (χ1v) is 11.7. The molecule has 5 rings (SSSR count). The summed E-state index contributed by atoms with van der Waals surface area (Å²) in [6.45, 7) is 4.77. The Bertz CT molecular complexity index is 1290. The number of fused-ring (bicyclic) bond motifs is 3. The Balaban J connectivity index is 1.56. The van der Waals surface area contributed by atoms with Gasteiger partial charge in [0.25, 0.3) is 5.91 Å². The number of benzene rings is 2. The molecule has 0 bridgehead atoms. The van der Waals surface area contributed by atoms with Crippen molar-refractivity contribution in [3.05, 3.63) is 88.9 Å². The minimum atomic E-state index is -1.07. The molecule has 0 saturated carbocycles. The normalized spacial score (nSPS) is 18.1. The number of carbonyl (C=O) groups excluding carboxylic acids is 2. The average molecular weight is 444 g/mol. The van der Waals surface area contributed by atoms with Crippen LogP contribution >= 0.6 is 11.3 Å². The van der Waals surface area contributed by atoms with Crippen molar-refractivity contribution in [3.8, 4) is 0 Å². The lowest BCUT2D eigenvalue weighted by atomic mass is 9.93. The summed E-state index contributed by atoms with van der Waals surface area (Å²) in [6, 6.07) is 21.7. The Kier molecular flexibility index (Phi) is 5.10. The first-order valence-electron chi connectivity index (χ1n) is 10.8. The van der Waals surface area contributed by atoms with Crippen LogP contribution in [0.4, 0.5) is 5.69 Å². The maximum absolute atomic E-state index is 13.8. The van der Waals surface area contributed by atoms with Gasteiger partial charge < -0.3 is 9.88 Å².